The number of para-hydroxylation sites is 1. The molecule has 2 aromatic heterocycles. The van der Waals surface area contributed by atoms with E-state index in [1.54, 1.807) is 16.1 Å². The third-order valence-corrected chi connectivity index (χ3v) is 6.46. The van der Waals surface area contributed by atoms with E-state index in [9.17, 15) is 0 Å². The standard InChI is InChI=1S/C20H19ClN6S/c21-15-10-8-14(9-11-15)19-23-25-27(24-19)13-26-12-4-3-6-17(26)20-22-16-5-1-2-7-18(16)28-20/h1-2,5,7-11,17H,3-4,6,12-13H2. The van der Waals surface area contributed by atoms with Gasteiger partial charge >= 0.3 is 0 Å². The zero-order valence-corrected chi connectivity index (χ0v) is 16.8. The molecule has 6 nitrogen and oxygen atoms in total. The number of benzene rings is 2. The molecular formula is C20H19ClN6S. The number of fused-ring (bicyclic) bond motifs is 1. The molecule has 5 rings (SSSR count). The van der Waals surface area contributed by atoms with Gasteiger partial charge in [0.25, 0.3) is 0 Å². The van der Waals surface area contributed by atoms with Crippen molar-refractivity contribution >= 4 is 33.2 Å². The van der Waals surface area contributed by atoms with E-state index in [0.29, 0.717) is 23.6 Å². The summed E-state index contributed by atoms with van der Waals surface area (Å²) in [5, 5.41) is 14.9. The first-order chi connectivity index (χ1) is 13.8. The van der Waals surface area contributed by atoms with Gasteiger partial charge in [-0.2, -0.15) is 0 Å². The van der Waals surface area contributed by atoms with Crippen LogP contribution in [0.1, 0.15) is 30.3 Å². The van der Waals surface area contributed by atoms with Gasteiger partial charge in [-0.25, -0.2) is 4.98 Å². The van der Waals surface area contributed by atoms with Gasteiger partial charge in [0.05, 0.1) is 16.3 Å². The van der Waals surface area contributed by atoms with Crippen LogP contribution in [0.15, 0.2) is 48.5 Å². The fourth-order valence-electron chi connectivity index (χ4n) is 3.65. The zero-order valence-electron chi connectivity index (χ0n) is 15.2. The van der Waals surface area contributed by atoms with E-state index in [1.807, 2.05) is 30.3 Å². The van der Waals surface area contributed by atoms with Crippen LogP contribution in [0.25, 0.3) is 21.6 Å². The number of hydrogen-bond acceptors (Lipinski definition) is 6. The average molecular weight is 411 g/mol. The minimum absolute atomic E-state index is 0.302. The number of thiazole rings is 1. The lowest BCUT2D eigenvalue weighted by atomic mass is 10.0. The van der Waals surface area contributed by atoms with Crippen LogP contribution in [-0.2, 0) is 6.67 Å². The maximum atomic E-state index is 5.96. The van der Waals surface area contributed by atoms with Crippen LogP contribution >= 0.6 is 22.9 Å². The van der Waals surface area contributed by atoms with Crippen LogP contribution in [0.2, 0.25) is 5.02 Å². The van der Waals surface area contributed by atoms with Crippen LogP contribution < -0.4 is 0 Å². The molecule has 1 aliphatic heterocycles. The van der Waals surface area contributed by atoms with Crippen LogP contribution in [0.4, 0.5) is 0 Å². The summed E-state index contributed by atoms with van der Waals surface area (Å²) < 4.78 is 1.24. The third kappa shape index (κ3) is 3.53. The lowest BCUT2D eigenvalue weighted by molar-refractivity contribution is 0.0958. The second kappa shape index (κ2) is 7.58. The van der Waals surface area contributed by atoms with E-state index in [0.717, 1.165) is 24.0 Å². The summed E-state index contributed by atoms with van der Waals surface area (Å²) in [7, 11) is 0. The molecule has 28 heavy (non-hydrogen) atoms. The SMILES string of the molecule is Clc1ccc(-c2nnn(CN3CCCCC3c3nc4ccccc4s3)n2)cc1. The Hall–Kier alpha value is -2.35. The third-order valence-electron chi connectivity index (χ3n) is 5.07. The minimum atomic E-state index is 0.302. The molecule has 8 heteroatoms. The van der Waals surface area contributed by atoms with Crippen LogP contribution in [0.3, 0.4) is 0 Å². The molecule has 0 bridgehead atoms. The number of likely N-dealkylation sites (tertiary alicyclic amines) is 1. The number of hydrogen-bond donors (Lipinski definition) is 0. The molecule has 4 aromatic rings. The van der Waals surface area contributed by atoms with Crippen molar-refractivity contribution in [3.8, 4) is 11.4 Å². The topological polar surface area (TPSA) is 59.7 Å². The van der Waals surface area contributed by atoms with Gasteiger partial charge in [-0.15, -0.1) is 26.3 Å². The first kappa shape index (κ1) is 17.7. The Morgan fingerprint density at radius 2 is 1.93 bits per heavy atom. The summed E-state index contributed by atoms with van der Waals surface area (Å²) in [4.78, 5) is 8.98. The normalized spacial score (nSPS) is 18.0. The first-order valence-electron chi connectivity index (χ1n) is 9.39. The molecule has 1 saturated heterocycles. The van der Waals surface area contributed by atoms with Gasteiger partial charge in [-0.1, -0.05) is 30.2 Å². The summed E-state index contributed by atoms with van der Waals surface area (Å²) in [5.74, 6) is 0.616. The van der Waals surface area contributed by atoms with Crippen molar-refractivity contribution < 1.29 is 0 Å². The molecule has 142 valence electrons. The summed E-state index contributed by atoms with van der Waals surface area (Å²) in [6, 6.07) is 16.1. The summed E-state index contributed by atoms with van der Waals surface area (Å²) in [6.45, 7) is 1.62. The summed E-state index contributed by atoms with van der Waals surface area (Å²) in [6.07, 6.45) is 3.51. The highest BCUT2D eigenvalue weighted by molar-refractivity contribution is 7.18. The van der Waals surface area contributed by atoms with Crippen LogP contribution in [-0.4, -0.2) is 36.6 Å². The van der Waals surface area contributed by atoms with Crippen molar-refractivity contribution in [1.82, 2.24) is 30.1 Å². The highest BCUT2D eigenvalue weighted by Gasteiger charge is 2.27. The van der Waals surface area contributed by atoms with Crippen LogP contribution in [0, 0.1) is 0 Å². The first-order valence-corrected chi connectivity index (χ1v) is 10.6. The summed E-state index contributed by atoms with van der Waals surface area (Å²) in [5.41, 5.74) is 1.99. The van der Waals surface area contributed by atoms with Crippen LogP contribution in [0.5, 0.6) is 0 Å². The van der Waals surface area contributed by atoms with Crippen molar-refractivity contribution in [2.45, 2.75) is 32.0 Å². The highest BCUT2D eigenvalue weighted by atomic mass is 35.5. The molecule has 1 atom stereocenters. The van der Waals surface area contributed by atoms with Gasteiger partial charge in [-0.3, -0.25) is 4.90 Å². The smallest absolute Gasteiger partial charge is 0.204 e. The Labute approximate surface area is 171 Å². The van der Waals surface area contributed by atoms with Crippen molar-refractivity contribution in [1.29, 1.82) is 0 Å². The molecule has 3 heterocycles. The van der Waals surface area contributed by atoms with Gasteiger partial charge in [0, 0.05) is 17.1 Å². The molecule has 0 aliphatic carbocycles. The van der Waals surface area contributed by atoms with Crippen molar-refractivity contribution in [2.24, 2.45) is 0 Å². The highest BCUT2D eigenvalue weighted by Crippen LogP contribution is 2.35. The molecule has 1 unspecified atom stereocenters. The van der Waals surface area contributed by atoms with E-state index in [4.69, 9.17) is 16.6 Å². The summed E-state index contributed by atoms with van der Waals surface area (Å²) >= 11 is 7.75. The van der Waals surface area contributed by atoms with E-state index in [1.165, 1.54) is 22.5 Å². The predicted octanol–water partition coefficient (Wildman–Crippen LogP) is 4.79. The molecule has 2 aromatic carbocycles. The lowest BCUT2D eigenvalue weighted by Gasteiger charge is -2.33. The largest absolute Gasteiger partial charge is 0.273 e. The number of tetrazole rings is 1. The Morgan fingerprint density at radius 3 is 2.79 bits per heavy atom. The van der Waals surface area contributed by atoms with Crippen molar-refractivity contribution in [2.75, 3.05) is 6.54 Å². The molecule has 0 saturated carbocycles. The zero-order chi connectivity index (χ0) is 18.9. The van der Waals surface area contributed by atoms with Gasteiger partial charge < -0.3 is 0 Å². The van der Waals surface area contributed by atoms with Gasteiger partial charge in [0.2, 0.25) is 5.82 Å². The van der Waals surface area contributed by atoms with E-state index >= 15 is 0 Å². The number of aromatic nitrogens is 5. The fourth-order valence-corrected chi connectivity index (χ4v) is 4.92. The second-order valence-corrected chi connectivity index (χ2v) is 8.48. The molecule has 0 radical (unpaired) electrons. The maximum Gasteiger partial charge on any atom is 0.204 e. The average Bonchev–Trinajstić information content (AvgIpc) is 3.36. The number of piperidine rings is 1. The monoisotopic (exact) mass is 410 g/mol. The molecule has 0 amide bonds. The van der Waals surface area contributed by atoms with Gasteiger partial charge in [0.1, 0.15) is 11.7 Å². The van der Waals surface area contributed by atoms with Gasteiger partial charge in [0.15, 0.2) is 0 Å². The molecule has 0 N–H and O–H groups in total. The maximum absolute atomic E-state index is 5.96. The van der Waals surface area contributed by atoms with E-state index in [2.05, 4.69) is 38.5 Å². The molecule has 1 fully saturated rings. The Kier molecular flexibility index (Phi) is 4.80. The number of rotatable bonds is 4. The number of halogens is 1. The Bertz CT molecular complexity index is 1060. The van der Waals surface area contributed by atoms with Crippen molar-refractivity contribution in [3.05, 3.63) is 58.6 Å². The molecule has 0 spiro atoms. The Morgan fingerprint density at radius 1 is 1.07 bits per heavy atom. The molecular weight excluding hydrogens is 392 g/mol. The fraction of sp³-hybridized carbons (Fsp3) is 0.300. The molecule has 1 aliphatic rings. The van der Waals surface area contributed by atoms with Gasteiger partial charge in [-0.05, 0) is 54.5 Å². The predicted molar refractivity (Wildman–Crippen MR) is 111 cm³/mol. The lowest BCUT2D eigenvalue weighted by Crippen LogP contribution is -2.35. The van der Waals surface area contributed by atoms with E-state index in [-0.39, 0.29) is 0 Å². The van der Waals surface area contributed by atoms with Crippen molar-refractivity contribution in [3.63, 3.8) is 0 Å². The minimum Gasteiger partial charge on any atom is -0.273 e. The Balaban J connectivity index is 1.38. The van der Waals surface area contributed by atoms with E-state index < -0.39 is 0 Å². The number of nitrogens with zero attached hydrogens (tertiary/aromatic N) is 6. The quantitative estimate of drug-likeness (QED) is 0.484. The second-order valence-electron chi connectivity index (χ2n) is 6.98.